The first-order chi connectivity index (χ1) is 15.1. The van der Waals surface area contributed by atoms with Crippen molar-refractivity contribution in [1.29, 1.82) is 0 Å². The number of nitrogens with one attached hydrogen (secondary N) is 2. The van der Waals surface area contributed by atoms with Gasteiger partial charge in [0.1, 0.15) is 11.6 Å². The van der Waals surface area contributed by atoms with Gasteiger partial charge in [0.2, 0.25) is 0 Å². The molecule has 1 amide bonds. The van der Waals surface area contributed by atoms with E-state index in [0.29, 0.717) is 13.1 Å². The number of aromatic nitrogens is 2. The first-order valence-electron chi connectivity index (χ1n) is 10.6. The average molecular weight is 441 g/mol. The summed E-state index contributed by atoms with van der Waals surface area (Å²) in [5.74, 6) is 6.78. The topological polar surface area (TPSA) is 82.6 Å². The minimum absolute atomic E-state index is 0.109. The lowest BCUT2D eigenvalue weighted by molar-refractivity contribution is -0.124. The number of anilines is 3. The lowest BCUT2D eigenvalue weighted by atomic mass is 10.2. The Labute approximate surface area is 187 Å². The van der Waals surface area contributed by atoms with Gasteiger partial charge >= 0.3 is 0 Å². The van der Waals surface area contributed by atoms with Crippen molar-refractivity contribution in [2.24, 2.45) is 0 Å². The van der Waals surface area contributed by atoms with E-state index in [2.05, 4.69) is 44.5 Å². The quantitative estimate of drug-likeness (QED) is 0.668. The third kappa shape index (κ3) is 5.94. The second-order valence-corrected chi connectivity index (χ2v) is 9.03. The van der Waals surface area contributed by atoms with E-state index in [0.717, 1.165) is 60.9 Å². The van der Waals surface area contributed by atoms with Gasteiger partial charge in [-0.1, -0.05) is 5.92 Å². The summed E-state index contributed by atoms with van der Waals surface area (Å²) in [6.07, 6.45) is 2.73. The van der Waals surface area contributed by atoms with Gasteiger partial charge in [-0.3, -0.25) is 9.69 Å². The Morgan fingerprint density at radius 2 is 2.10 bits per heavy atom. The lowest BCUT2D eigenvalue weighted by Gasteiger charge is -2.27. The highest BCUT2D eigenvalue weighted by Gasteiger charge is 2.25. The number of carbonyl (C=O) groups is 1. The molecule has 4 heterocycles. The number of carbonyl (C=O) groups excluding carboxylic acids is 1. The lowest BCUT2D eigenvalue weighted by Crippen LogP contribution is -2.35. The number of morpholine rings is 1. The molecule has 2 aliphatic heterocycles. The zero-order chi connectivity index (χ0) is 21.6. The number of thiazole rings is 1. The molecular weight excluding hydrogens is 412 g/mol. The SMILES string of the molecule is CC#CC(=O)N1CCC(Nc2cc(CN3CCOCC3)cc(Nc3ncc(C)s3)n2)C1. The summed E-state index contributed by atoms with van der Waals surface area (Å²) in [6, 6.07) is 4.34. The van der Waals surface area contributed by atoms with Crippen LogP contribution in [-0.2, 0) is 16.1 Å². The molecule has 0 radical (unpaired) electrons. The van der Waals surface area contributed by atoms with Crippen molar-refractivity contribution in [3.63, 3.8) is 0 Å². The van der Waals surface area contributed by atoms with Gasteiger partial charge in [-0.15, -0.1) is 11.3 Å². The highest BCUT2D eigenvalue weighted by molar-refractivity contribution is 7.15. The van der Waals surface area contributed by atoms with Crippen molar-refractivity contribution in [1.82, 2.24) is 19.8 Å². The Hall–Kier alpha value is -2.67. The molecule has 2 aromatic heterocycles. The molecule has 1 unspecified atom stereocenters. The molecule has 0 spiro atoms. The van der Waals surface area contributed by atoms with Gasteiger partial charge in [0, 0.05) is 49.8 Å². The standard InChI is InChI=1S/C22H28N6O2S/c1-3-4-21(29)28-6-5-18(15-28)24-19-11-17(14-27-7-9-30-10-8-27)12-20(25-19)26-22-23-13-16(2)31-22/h11-13,18H,5-10,14-15H2,1-2H3,(H2,23,24,25,26). The van der Waals surface area contributed by atoms with Gasteiger partial charge in [0.15, 0.2) is 5.13 Å². The number of ether oxygens (including phenoxy) is 1. The molecule has 4 rings (SSSR count). The van der Waals surface area contributed by atoms with Crippen LogP contribution in [0.2, 0.25) is 0 Å². The monoisotopic (exact) mass is 440 g/mol. The van der Waals surface area contributed by atoms with E-state index in [9.17, 15) is 4.79 Å². The second-order valence-electron chi connectivity index (χ2n) is 7.79. The summed E-state index contributed by atoms with van der Waals surface area (Å²) >= 11 is 1.60. The van der Waals surface area contributed by atoms with Crippen LogP contribution >= 0.6 is 11.3 Å². The van der Waals surface area contributed by atoms with Crippen LogP contribution < -0.4 is 10.6 Å². The van der Waals surface area contributed by atoms with Gasteiger partial charge in [-0.2, -0.15) is 0 Å². The summed E-state index contributed by atoms with van der Waals surface area (Å²) < 4.78 is 5.47. The second kappa shape index (κ2) is 10.1. The maximum atomic E-state index is 12.1. The third-order valence-electron chi connectivity index (χ3n) is 5.31. The summed E-state index contributed by atoms with van der Waals surface area (Å²) in [4.78, 5) is 26.6. The van der Waals surface area contributed by atoms with E-state index >= 15 is 0 Å². The zero-order valence-electron chi connectivity index (χ0n) is 18.0. The molecule has 31 heavy (non-hydrogen) atoms. The van der Waals surface area contributed by atoms with Gasteiger partial charge in [-0.05, 0) is 43.9 Å². The molecule has 2 saturated heterocycles. The molecule has 1 atom stereocenters. The van der Waals surface area contributed by atoms with Crippen LogP contribution in [0.15, 0.2) is 18.3 Å². The Balaban J connectivity index is 1.49. The fraction of sp³-hybridized carbons (Fsp3) is 0.500. The van der Waals surface area contributed by atoms with Gasteiger partial charge in [0.25, 0.3) is 5.91 Å². The molecule has 8 nitrogen and oxygen atoms in total. The Bertz CT molecular complexity index is 976. The number of nitrogens with zero attached hydrogens (tertiary/aromatic N) is 4. The van der Waals surface area contributed by atoms with E-state index in [4.69, 9.17) is 9.72 Å². The average Bonchev–Trinajstić information content (AvgIpc) is 3.38. The molecule has 0 saturated carbocycles. The predicted octanol–water partition coefficient (Wildman–Crippen LogP) is 2.46. The number of amides is 1. The van der Waals surface area contributed by atoms with Crippen molar-refractivity contribution in [3.05, 3.63) is 28.8 Å². The van der Waals surface area contributed by atoms with Gasteiger partial charge < -0.3 is 20.3 Å². The van der Waals surface area contributed by atoms with Crippen LogP contribution in [0.5, 0.6) is 0 Å². The summed E-state index contributed by atoms with van der Waals surface area (Å²) in [6.45, 7) is 9.31. The molecular formula is C22H28N6O2S. The van der Waals surface area contributed by atoms with Crippen LogP contribution in [0.4, 0.5) is 16.8 Å². The smallest absolute Gasteiger partial charge is 0.298 e. The van der Waals surface area contributed by atoms with Crippen molar-refractivity contribution in [3.8, 4) is 11.8 Å². The Morgan fingerprint density at radius 3 is 2.84 bits per heavy atom. The van der Waals surface area contributed by atoms with E-state index in [1.807, 2.05) is 13.1 Å². The van der Waals surface area contributed by atoms with Crippen LogP contribution in [0, 0.1) is 18.8 Å². The van der Waals surface area contributed by atoms with Crippen LogP contribution in [0.3, 0.4) is 0 Å². The van der Waals surface area contributed by atoms with Crippen molar-refractivity contribution >= 4 is 34.0 Å². The first-order valence-corrected chi connectivity index (χ1v) is 11.4. The third-order valence-corrected chi connectivity index (χ3v) is 6.14. The highest BCUT2D eigenvalue weighted by atomic mass is 32.1. The fourth-order valence-electron chi connectivity index (χ4n) is 3.81. The zero-order valence-corrected chi connectivity index (χ0v) is 18.8. The Kier molecular flexibility index (Phi) is 7.02. The van der Waals surface area contributed by atoms with Crippen LogP contribution in [-0.4, -0.2) is 71.1 Å². The Morgan fingerprint density at radius 1 is 1.29 bits per heavy atom. The number of hydrogen-bond donors (Lipinski definition) is 2. The van der Waals surface area contributed by atoms with Crippen molar-refractivity contribution in [2.45, 2.75) is 32.9 Å². The van der Waals surface area contributed by atoms with E-state index < -0.39 is 0 Å². The first kappa shape index (κ1) is 21.6. The maximum absolute atomic E-state index is 12.1. The number of likely N-dealkylation sites (tertiary alicyclic amines) is 1. The maximum Gasteiger partial charge on any atom is 0.298 e. The number of aryl methyl sites for hydroxylation is 1. The number of rotatable bonds is 6. The van der Waals surface area contributed by atoms with Gasteiger partial charge in [-0.25, -0.2) is 9.97 Å². The molecule has 9 heteroatoms. The van der Waals surface area contributed by atoms with Crippen LogP contribution in [0.1, 0.15) is 23.8 Å². The molecule has 2 fully saturated rings. The van der Waals surface area contributed by atoms with Gasteiger partial charge in [0.05, 0.1) is 13.2 Å². The summed E-state index contributed by atoms with van der Waals surface area (Å²) in [5.41, 5.74) is 1.18. The molecule has 2 N–H and O–H groups in total. The minimum Gasteiger partial charge on any atom is -0.379 e. The highest BCUT2D eigenvalue weighted by Crippen LogP contribution is 2.25. The number of hydrogen-bond acceptors (Lipinski definition) is 8. The predicted molar refractivity (Wildman–Crippen MR) is 123 cm³/mol. The summed E-state index contributed by atoms with van der Waals surface area (Å²) in [5, 5.41) is 7.69. The number of pyridine rings is 1. The molecule has 2 aromatic rings. The summed E-state index contributed by atoms with van der Waals surface area (Å²) in [7, 11) is 0. The fourth-order valence-corrected chi connectivity index (χ4v) is 4.49. The normalized spacial score (nSPS) is 19.0. The van der Waals surface area contributed by atoms with E-state index in [-0.39, 0.29) is 11.9 Å². The van der Waals surface area contributed by atoms with Crippen molar-refractivity contribution in [2.75, 3.05) is 50.0 Å². The van der Waals surface area contributed by atoms with E-state index in [1.165, 1.54) is 5.56 Å². The molecule has 0 aromatic carbocycles. The molecule has 164 valence electrons. The minimum atomic E-state index is -0.109. The molecule has 0 aliphatic carbocycles. The van der Waals surface area contributed by atoms with Crippen molar-refractivity contribution < 1.29 is 9.53 Å². The molecule has 0 bridgehead atoms. The molecule has 2 aliphatic rings. The largest absolute Gasteiger partial charge is 0.379 e. The van der Waals surface area contributed by atoms with E-state index in [1.54, 1.807) is 23.2 Å². The van der Waals surface area contributed by atoms with Crippen LogP contribution in [0.25, 0.3) is 0 Å².